The number of carbonyl (C=O) groups excluding carboxylic acids is 2. The van der Waals surface area contributed by atoms with E-state index in [0.717, 1.165) is 44.9 Å². The molecule has 4 bridgehead atoms. The molecule has 1 aromatic rings. The molecule has 5 aliphatic carbocycles. The molecule has 204 valence electrons. The lowest BCUT2D eigenvalue weighted by Crippen LogP contribution is -2.59. The van der Waals surface area contributed by atoms with Gasteiger partial charge < -0.3 is 25.0 Å². The number of carboxylic acid groups (broad SMARTS) is 1. The molecule has 3 N–H and O–H groups in total. The number of nitrogens with zero attached hydrogens (tertiary/aromatic N) is 1. The predicted octanol–water partition coefficient (Wildman–Crippen LogP) is 4.40. The number of carbonyl (C=O) groups is 3. The number of hydrogen-bond acceptors (Lipinski definition) is 7. The Labute approximate surface area is 222 Å². The maximum atomic E-state index is 13.6. The Kier molecular flexibility index (Phi) is 7.49. The number of thioether (sulfide) groups is 1. The first-order chi connectivity index (χ1) is 17.6. The first-order valence-corrected chi connectivity index (χ1v) is 14.6. The molecule has 0 spiro atoms. The molecule has 6 rings (SSSR count). The minimum Gasteiger partial charge on any atom is -0.480 e. The second-order valence-corrected chi connectivity index (χ2v) is 13.7. The van der Waals surface area contributed by atoms with Gasteiger partial charge in [-0.2, -0.15) is 0 Å². The van der Waals surface area contributed by atoms with E-state index in [1.165, 1.54) is 25.7 Å². The standard InChI is InChI=1S/C27H39N3O6S/c1-26(2,25(34)28-14-20(31)32)15-35-24-22(37-19-6-4-3-5-7-19)21(36-30-24)23(33)29-27-11-16-8-17(12-27)10-18(9-16)13-27/h16-19H,3-15H2,1-2H3,(H,28,34)(H,29,33)(H,31,32). The molecular weight excluding hydrogens is 494 g/mol. The van der Waals surface area contributed by atoms with Gasteiger partial charge in [-0.1, -0.05) is 19.3 Å². The topological polar surface area (TPSA) is 131 Å². The van der Waals surface area contributed by atoms with Gasteiger partial charge in [0.25, 0.3) is 11.8 Å². The summed E-state index contributed by atoms with van der Waals surface area (Å²) in [7, 11) is 0. The molecule has 0 saturated heterocycles. The molecule has 5 fully saturated rings. The number of aromatic nitrogens is 1. The molecule has 9 nitrogen and oxygen atoms in total. The van der Waals surface area contributed by atoms with Crippen LogP contribution in [0.4, 0.5) is 0 Å². The molecule has 0 atom stereocenters. The van der Waals surface area contributed by atoms with Crippen molar-refractivity contribution in [3.63, 3.8) is 0 Å². The second kappa shape index (κ2) is 10.5. The van der Waals surface area contributed by atoms with E-state index in [1.54, 1.807) is 25.6 Å². The molecule has 5 aliphatic rings. The van der Waals surface area contributed by atoms with Gasteiger partial charge >= 0.3 is 5.97 Å². The van der Waals surface area contributed by atoms with Gasteiger partial charge in [0, 0.05) is 10.8 Å². The first-order valence-electron chi connectivity index (χ1n) is 13.7. The van der Waals surface area contributed by atoms with Crippen LogP contribution in [0.2, 0.25) is 0 Å². The lowest BCUT2D eigenvalue weighted by molar-refractivity contribution is -0.140. The maximum absolute atomic E-state index is 13.6. The third-order valence-electron chi connectivity index (χ3n) is 8.66. The molecule has 2 amide bonds. The molecular formula is C27H39N3O6S. The minimum atomic E-state index is -1.11. The van der Waals surface area contributed by atoms with Crippen molar-refractivity contribution in [1.82, 2.24) is 15.8 Å². The Bertz CT molecular complexity index is 996. The van der Waals surface area contributed by atoms with Gasteiger partial charge in [-0.15, -0.1) is 11.8 Å². The van der Waals surface area contributed by atoms with Crippen molar-refractivity contribution in [2.24, 2.45) is 23.2 Å². The highest BCUT2D eigenvalue weighted by Gasteiger charge is 2.52. The van der Waals surface area contributed by atoms with Gasteiger partial charge in [0.1, 0.15) is 18.0 Å². The van der Waals surface area contributed by atoms with E-state index < -0.39 is 23.8 Å². The van der Waals surface area contributed by atoms with Crippen LogP contribution in [0.15, 0.2) is 9.42 Å². The van der Waals surface area contributed by atoms with Crippen molar-refractivity contribution in [1.29, 1.82) is 0 Å². The van der Waals surface area contributed by atoms with E-state index in [0.29, 0.717) is 27.9 Å². The highest BCUT2D eigenvalue weighted by molar-refractivity contribution is 8.00. The van der Waals surface area contributed by atoms with E-state index in [4.69, 9.17) is 14.4 Å². The molecule has 0 unspecified atom stereocenters. The fourth-order valence-electron chi connectivity index (χ4n) is 7.23. The Morgan fingerprint density at radius 2 is 1.70 bits per heavy atom. The number of hydrogen-bond donors (Lipinski definition) is 3. The highest BCUT2D eigenvalue weighted by atomic mass is 32.2. The molecule has 1 heterocycles. The van der Waals surface area contributed by atoms with Crippen LogP contribution < -0.4 is 15.4 Å². The molecule has 10 heteroatoms. The summed E-state index contributed by atoms with van der Waals surface area (Å²) in [6.45, 7) is 2.88. The quantitative estimate of drug-likeness (QED) is 0.403. The maximum Gasteiger partial charge on any atom is 0.322 e. The summed E-state index contributed by atoms with van der Waals surface area (Å²) in [6.07, 6.45) is 12.7. The Balaban J connectivity index is 1.31. The van der Waals surface area contributed by atoms with Gasteiger partial charge in [-0.3, -0.25) is 14.4 Å². The van der Waals surface area contributed by atoms with Crippen molar-refractivity contribution in [2.75, 3.05) is 13.2 Å². The van der Waals surface area contributed by atoms with E-state index in [9.17, 15) is 14.4 Å². The van der Waals surface area contributed by atoms with Crippen molar-refractivity contribution >= 4 is 29.5 Å². The summed E-state index contributed by atoms with van der Waals surface area (Å²) >= 11 is 1.60. The van der Waals surface area contributed by atoms with Gasteiger partial charge in [0.15, 0.2) is 0 Å². The lowest BCUT2D eigenvalue weighted by Gasteiger charge is -2.56. The normalized spacial score (nSPS) is 29.2. The van der Waals surface area contributed by atoms with E-state index >= 15 is 0 Å². The van der Waals surface area contributed by atoms with Gasteiger partial charge in [-0.05, 0) is 88.1 Å². The minimum absolute atomic E-state index is 0.0285. The summed E-state index contributed by atoms with van der Waals surface area (Å²) in [6, 6.07) is 0. The molecule has 0 radical (unpaired) electrons. The zero-order chi connectivity index (χ0) is 26.2. The average molecular weight is 534 g/mol. The zero-order valence-electron chi connectivity index (χ0n) is 21.8. The molecule has 0 aliphatic heterocycles. The van der Waals surface area contributed by atoms with E-state index in [2.05, 4.69) is 15.8 Å². The van der Waals surface area contributed by atoms with Gasteiger partial charge in [-0.25, -0.2) is 0 Å². The van der Waals surface area contributed by atoms with Gasteiger partial charge in [0.2, 0.25) is 11.7 Å². The second-order valence-electron chi connectivity index (χ2n) is 12.4. The third-order valence-corrected chi connectivity index (χ3v) is 10.1. The molecule has 1 aromatic heterocycles. The third kappa shape index (κ3) is 5.94. The number of amides is 2. The first kappa shape index (κ1) is 26.4. The summed E-state index contributed by atoms with van der Waals surface area (Å²) in [5.41, 5.74) is -1.14. The Hall–Kier alpha value is -2.23. The smallest absolute Gasteiger partial charge is 0.322 e. The fourth-order valence-corrected chi connectivity index (χ4v) is 8.56. The van der Waals surface area contributed by atoms with E-state index in [-0.39, 0.29) is 29.7 Å². The van der Waals surface area contributed by atoms with E-state index in [1.807, 2.05) is 0 Å². The van der Waals surface area contributed by atoms with Crippen molar-refractivity contribution in [3.05, 3.63) is 5.76 Å². The Morgan fingerprint density at radius 3 is 2.30 bits per heavy atom. The summed E-state index contributed by atoms with van der Waals surface area (Å²) in [5, 5.41) is 19.1. The molecule has 37 heavy (non-hydrogen) atoms. The fraction of sp³-hybridized carbons (Fsp3) is 0.778. The predicted molar refractivity (Wildman–Crippen MR) is 138 cm³/mol. The molecule has 5 saturated carbocycles. The highest BCUT2D eigenvalue weighted by Crippen LogP contribution is 2.55. The zero-order valence-corrected chi connectivity index (χ0v) is 22.7. The monoisotopic (exact) mass is 533 g/mol. The van der Waals surface area contributed by atoms with Crippen LogP contribution in [0.25, 0.3) is 0 Å². The lowest BCUT2D eigenvalue weighted by atomic mass is 9.53. The summed E-state index contributed by atoms with van der Waals surface area (Å²) in [4.78, 5) is 37.6. The van der Waals surface area contributed by atoms with Crippen LogP contribution in [-0.2, 0) is 9.59 Å². The van der Waals surface area contributed by atoms with Crippen LogP contribution in [-0.4, -0.2) is 52.0 Å². The van der Waals surface area contributed by atoms with Crippen LogP contribution in [0.5, 0.6) is 5.88 Å². The average Bonchev–Trinajstić information content (AvgIpc) is 3.23. The Morgan fingerprint density at radius 1 is 1.08 bits per heavy atom. The number of rotatable bonds is 10. The number of nitrogens with one attached hydrogen (secondary N) is 2. The summed E-state index contributed by atoms with van der Waals surface area (Å²) in [5.74, 6) is 0.810. The van der Waals surface area contributed by atoms with Crippen LogP contribution in [0.3, 0.4) is 0 Å². The van der Waals surface area contributed by atoms with Crippen LogP contribution >= 0.6 is 11.8 Å². The van der Waals surface area contributed by atoms with Crippen LogP contribution in [0, 0.1) is 23.2 Å². The number of ether oxygens (including phenoxy) is 1. The van der Waals surface area contributed by atoms with Crippen molar-refractivity contribution in [2.45, 2.75) is 100 Å². The number of aliphatic carboxylic acids is 1. The molecule has 0 aromatic carbocycles. The summed E-state index contributed by atoms with van der Waals surface area (Å²) < 4.78 is 11.6. The largest absolute Gasteiger partial charge is 0.480 e. The SMILES string of the molecule is CC(C)(COc1noc(C(=O)NC23CC4CC(CC(C4)C2)C3)c1SC1CCCCC1)C(=O)NCC(=O)O. The van der Waals surface area contributed by atoms with Crippen LogP contribution in [0.1, 0.15) is 95.0 Å². The van der Waals surface area contributed by atoms with Crippen molar-refractivity contribution < 1.29 is 28.8 Å². The van der Waals surface area contributed by atoms with Gasteiger partial charge in [0.05, 0.1) is 5.41 Å². The number of carboxylic acids is 1. The van der Waals surface area contributed by atoms with Crippen molar-refractivity contribution in [3.8, 4) is 5.88 Å².